The van der Waals surface area contributed by atoms with Gasteiger partial charge in [-0.05, 0) is 25.7 Å². The molecule has 4 heteroatoms. The first-order valence-electron chi connectivity index (χ1n) is 5.64. The van der Waals surface area contributed by atoms with E-state index in [2.05, 4.69) is 5.10 Å². The molecular formula is C11H17N3O. The third kappa shape index (κ3) is 1.18. The van der Waals surface area contributed by atoms with Gasteiger partial charge in [0.05, 0.1) is 5.69 Å². The lowest BCUT2D eigenvalue weighted by Gasteiger charge is -2.22. The molecule has 3 N–H and O–H groups in total. The first-order valence-corrected chi connectivity index (χ1v) is 5.64. The normalized spacial score (nSPS) is 29.5. The molecule has 0 saturated heterocycles. The highest BCUT2D eigenvalue weighted by Crippen LogP contribution is 2.48. The molecule has 1 fully saturated rings. The Morgan fingerprint density at radius 3 is 2.93 bits per heavy atom. The number of hydrogen-bond acceptors (Lipinski definition) is 3. The van der Waals surface area contributed by atoms with Crippen LogP contribution in [0.25, 0.3) is 0 Å². The summed E-state index contributed by atoms with van der Waals surface area (Å²) in [5.74, 6) is 0.613. The number of rotatable bonds is 2. The number of hydrogen-bond donors (Lipinski definition) is 2. The summed E-state index contributed by atoms with van der Waals surface area (Å²) >= 11 is 0. The Kier molecular flexibility index (Phi) is 1.77. The Labute approximate surface area is 89.1 Å². The summed E-state index contributed by atoms with van der Waals surface area (Å²) in [6, 6.07) is 0. The summed E-state index contributed by atoms with van der Waals surface area (Å²) in [6.45, 7) is 0.311. The van der Waals surface area contributed by atoms with Gasteiger partial charge in [0.15, 0.2) is 0 Å². The number of aromatic nitrogens is 2. The number of aryl methyl sites for hydroxylation is 2. The number of fused-ring (bicyclic) bond motifs is 1. The van der Waals surface area contributed by atoms with E-state index in [9.17, 15) is 5.11 Å². The van der Waals surface area contributed by atoms with E-state index < -0.39 is 5.60 Å². The van der Waals surface area contributed by atoms with Crippen molar-refractivity contribution >= 4 is 0 Å². The van der Waals surface area contributed by atoms with Crippen LogP contribution in [0.15, 0.2) is 0 Å². The molecule has 1 atom stereocenters. The van der Waals surface area contributed by atoms with Crippen molar-refractivity contribution in [1.29, 1.82) is 0 Å². The zero-order valence-electron chi connectivity index (χ0n) is 9.03. The number of nitrogens with two attached hydrogens (primary N) is 1. The van der Waals surface area contributed by atoms with E-state index in [1.54, 1.807) is 0 Å². The zero-order chi connectivity index (χ0) is 10.6. The molecular weight excluding hydrogens is 190 g/mol. The van der Waals surface area contributed by atoms with E-state index in [1.807, 2.05) is 11.7 Å². The van der Waals surface area contributed by atoms with Gasteiger partial charge in [0.1, 0.15) is 5.60 Å². The summed E-state index contributed by atoms with van der Waals surface area (Å²) in [6.07, 6.45) is 4.06. The van der Waals surface area contributed by atoms with Crippen LogP contribution in [0.1, 0.15) is 42.1 Å². The topological polar surface area (TPSA) is 64.1 Å². The molecule has 0 radical (unpaired) electrons. The maximum Gasteiger partial charge on any atom is 0.106 e. The Morgan fingerprint density at radius 2 is 2.33 bits per heavy atom. The molecule has 4 nitrogen and oxygen atoms in total. The summed E-state index contributed by atoms with van der Waals surface area (Å²) in [5.41, 5.74) is 8.24. The van der Waals surface area contributed by atoms with Crippen LogP contribution >= 0.6 is 0 Å². The lowest BCUT2D eigenvalue weighted by molar-refractivity contribution is 0.0467. The monoisotopic (exact) mass is 207 g/mol. The van der Waals surface area contributed by atoms with Crippen molar-refractivity contribution in [2.45, 2.75) is 37.2 Å². The van der Waals surface area contributed by atoms with E-state index in [0.717, 1.165) is 24.1 Å². The van der Waals surface area contributed by atoms with Crippen LogP contribution < -0.4 is 5.73 Å². The minimum absolute atomic E-state index is 0.311. The molecule has 1 aromatic heterocycles. The minimum atomic E-state index is -0.804. The Bertz CT molecular complexity index is 408. The van der Waals surface area contributed by atoms with Crippen molar-refractivity contribution in [3.05, 3.63) is 17.0 Å². The van der Waals surface area contributed by atoms with Crippen molar-refractivity contribution < 1.29 is 5.11 Å². The van der Waals surface area contributed by atoms with Crippen LogP contribution in [0.3, 0.4) is 0 Å². The van der Waals surface area contributed by atoms with E-state index in [-0.39, 0.29) is 0 Å². The van der Waals surface area contributed by atoms with Gasteiger partial charge >= 0.3 is 0 Å². The molecule has 3 rings (SSSR count). The van der Waals surface area contributed by atoms with Crippen LogP contribution in [0, 0.1) is 0 Å². The molecule has 1 aromatic rings. The van der Waals surface area contributed by atoms with Crippen LogP contribution in [0.5, 0.6) is 0 Å². The van der Waals surface area contributed by atoms with Gasteiger partial charge in [0.2, 0.25) is 0 Å². The van der Waals surface area contributed by atoms with Gasteiger partial charge in [-0.2, -0.15) is 5.10 Å². The zero-order valence-corrected chi connectivity index (χ0v) is 9.03. The van der Waals surface area contributed by atoms with Gasteiger partial charge in [-0.3, -0.25) is 4.68 Å². The number of aliphatic hydroxyl groups is 1. The van der Waals surface area contributed by atoms with Crippen molar-refractivity contribution in [3.8, 4) is 0 Å². The summed E-state index contributed by atoms with van der Waals surface area (Å²) < 4.78 is 1.95. The maximum atomic E-state index is 10.4. The summed E-state index contributed by atoms with van der Waals surface area (Å²) in [4.78, 5) is 0. The molecule has 0 amide bonds. The highest BCUT2D eigenvalue weighted by molar-refractivity contribution is 5.40. The first-order chi connectivity index (χ1) is 7.15. The van der Waals surface area contributed by atoms with Crippen molar-refractivity contribution in [2.75, 3.05) is 6.54 Å². The third-order valence-electron chi connectivity index (χ3n) is 3.71. The standard InChI is InChI=1S/C11H17N3O/c1-14-10(7-2-3-7)9-8(13-14)4-5-11(9,15)6-12/h7,15H,2-6,12H2,1H3. The molecule has 1 unspecified atom stereocenters. The fourth-order valence-electron chi connectivity index (χ4n) is 2.76. The van der Waals surface area contributed by atoms with E-state index in [0.29, 0.717) is 12.5 Å². The van der Waals surface area contributed by atoms with Gasteiger partial charge in [0, 0.05) is 30.8 Å². The van der Waals surface area contributed by atoms with Crippen LogP contribution in [0.2, 0.25) is 0 Å². The van der Waals surface area contributed by atoms with E-state index >= 15 is 0 Å². The second-order valence-corrected chi connectivity index (χ2v) is 4.84. The minimum Gasteiger partial charge on any atom is -0.384 e. The number of nitrogens with zero attached hydrogens (tertiary/aromatic N) is 2. The fraction of sp³-hybridized carbons (Fsp3) is 0.727. The van der Waals surface area contributed by atoms with Gasteiger partial charge in [0.25, 0.3) is 0 Å². The second kappa shape index (κ2) is 2.83. The first kappa shape index (κ1) is 9.36. The molecule has 0 aliphatic heterocycles. The predicted octanol–water partition coefficient (Wildman–Crippen LogP) is 0.390. The molecule has 82 valence electrons. The fourth-order valence-corrected chi connectivity index (χ4v) is 2.76. The predicted molar refractivity (Wildman–Crippen MR) is 56.5 cm³/mol. The van der Waals surface area contributed by atoms with Crippen molar-refractivity contribution in [3.63, 3.8) is 0 Å². The van der Waals surface area contributed by atoms with Crippen LogP contribution in [-0.2, 0) is 19.1 Å². The lowest BCUT2D eigenvalue weighted by Crippen LogP contribution is -2.33. The van der Waals surface area contributed by atoms with Crippen LogP contribution in [0.4, 0.5) is 0 Å². The van der Waals surface area contributed by atoms with Crippen LogP contribution in [-0.4, -0.2) is 21.4 Å². The maximum absolute atomic E-state index is 10.4. The Morgan fingerprint density at radius 1 is 1.60 bits per heavy atom. The molecule has 2 aliphatic rings. The van der Waals surface area contributed by atoms with Crippen molar-refractivity contribution in [1.82, 2.24) is 9.78 Å². The van der Waals surface area contributed by atoms with Gasteiger partial charge in [-0.1, -0.05) is 0 Å². The lowest BCUT2D eigenvalue weighted by atomic mass is 9.94. The molecule has 15 heavy (non-hydrogen) atoms. The second-order valence-electron chi connectivity index (χ2n) is 4.84. The van der Waals surface area contributed by atoms with E-state index in [1.165, 1.54) is 18.5 Å². The quantitative estimate of drug-likeness (QED) is 0.737. The molecule has 0 bridgehead atoms. The molecule has 1 heterocycles. The molecule has 0 spiro atoms. The molecule has 2 aliphatic carbocycles. The summed E-state index contributed by atoms with van der Waals surface area (Å²) in [5, 5.41) is 14.9. The average molecular weight is 207 g/mol. The molecule has 1 saturated carbocycles. The Hall–Kier alpha value is -0.870. The highest BCUT2D eigenvalue weighted by atomic mass is 16.3. The Balaban J connectivity index is 2.16. The van der Waals surface area contributed by atoms with Crippen molar-refractivity contribution in [2.24, 2.45) is 12.8 Å². The highest BCUT2D eigenvalue weighted by Gasteiger charge is 2.44. The largest absolute Gasteiger partial charge is 0.384 e. The SMILES string of the molecule is Cn1nc2c(c1C1CC1)C(O)(CN)CC2. The van der Waals surface area contributed by atoms with Gasteiger partial charge in [-0.25, -0.2) is 0 Å². The smallest absolute Gasteiger partial charge is 0.106 e. The summed E-state index contributed by atoms with van der Waals surface area (Å²) in [7, 11) is 1.98. The third-order valence-corrected chi connectivity index (χ3v) is 3.71. The van der Waals surface area contributed by atoms with Gasteiger partial charge in [-0.15, -0.1) is 0 Å². The van der Waals surface area contributed by atoms with Gasteiger partial charge < -0.3 is 10.8 Å². The average Bonchev–Trinajstić information content (AvgIpc) is 2.92. The molecule has 0 aromatic carbocycles. The van der Waals surface area contributed by atoms with E-state index in [4.69, 9.17) is 5.73 Å².